The number of hydrogen-bond donors (Lipinski definition) is 1. The zero-order chi connectivity index (χ0) is 26.4. The standard InChI is InChI=1S/C28H26ClN3O5/c1-4-35-25(33)15-19-9-11-20(12-10-19)21-13-14-24(30-16-21)27-26(17(2)32-37-27)31-28(34)36-18(3)22-7-5-6-8-23(22)29/h5-14,16,18H,4,15H2,1-3H3,(H,31,34). The van der Waals surface area contributed by atoms with Gasteiger partial charge < -0.3 is 14.0 Å². The minimum Gasteiger partial charge on any atom is -0.466 e. The molecule has 1 unspecified atom stereocenters. The highest BCUT2D eigenvalue weighted by Crippen LogP contribution is 2.32. The largest absolute Gasteiger partial charge is 0.466 e. The Morgan fingerprint density at radius 2 is 1.78 bits per heavy atom. The maximum atomic E-state index is 12.6. The Morgan fingerprint density at radius 1 is 1.05 bits per heavy atom. The number of hydrogen-bond acceptors (Lipinski definition) is 7. The predicted molar refractivity (Wildman–Crippen MR) is 140 cm³/mol. The van der Waals surface area contributed by atoms with E-state index >= 15 is 0 Å². The van der Waals surface area contributed by atoms with Gasteiger partial charge in [-0.15, -0.1) is 0 Å². The lowest BCUT2D eigenvalue weighted by Crippen LogP contribution is -2.17. The van der Waals surface area contributed by atoms with Gasteiger partial charge in [0, 0.05) is 22.3 Å². The molecule has 9 heteroatoms. The summed E-state index contributed by atoms with van der Waals surface area (Å²) in [5, 5.41) is 7.21. The van der Waals surface area contributed by atoms with Crippen molar-refractivity contribution in [2.75, 3.05) is 11.9 Å². The van der Waals surface area contributed by atoms with E-state index in [4.69, 9.17) is 25.6 Å². The molecule has 4 rings (SSSR count). The fraction of sp³-hybridized carbons (Fsp3) is 0.214. The fourth-order valence-electron chi connectivity index (χ4n) is 3.74. The lowest BCUT2D eigenvalue weighted by molar-refractivity contribution is -0.142. The third kappa shape index (κ3) is 6.34. The van der Waals surface area contributed by atoms with Gasteiger partial charge >= 0.3 is 12.1 Å². The van der Waals surface area contributed by atoms with Crippen molar-refractivity contribution in [3.63, 3.8) is 0 Å². The first-order chi connectivity index (χ1) is 17.9. The quantitative estimate of drug-likeness (QED) is 0.256. The van der Waals surface area contributed by atoms with Crippen LogP contribution in [0, 0.1) is 6.92 Å². The molecule has 0 spiro atoms. The number of pyridine rings is 1. The van der Waals surface area contributed by atoms with E-state index in [2.05, 4.69) is 15.5 Å². The van der Waals surface area contributed by atoms with E-state index in [1.807, 2.05) is 42.5 Å². The zero-order valence-corrected chi connectivity index (χ0v) is 21.4. The molecule has 0 radical (unpaired) electrons. The van der Waals surface area contributed by atoms with Crippen molar-refractivity contribution in [3.05, 3.63) is 88.7 Å². The van der Waals surface area contributed by atoms with Gasteiger partial charge in [0.25, 0.3) is 0 Å². The van der Waals surface area contributed by atoms with Crippen LogP contribution in [-0.4, -0.2) is 28.8 Å². The molecular formula is C28H26ClN3O5. The van der Waals surface area contributed by atoms with E-state index in [9.17, 15) is 9.59 Å². The molecule has 190 valence electrons. The molecule has 8 nitrogen and oxygen atoms in total. The van der Waals surface area contributed by atoms with Crippen molar-refractivity contribution in [3.8, 4) is 22.6 Å². The summed E-state index contributed by atoms with van der Waals surface area (Å²) in [5.41, 5.74) is 4.75. The molecule has 0 aliphatic carbocycles. The highest BCUT2D eigenvalue weighted by atomic mass is 35.5. The van der Waals surface area contributed by atoms with E-state index in [1.54, 1.807) is 45.2 Å². The van der Waals surface area contributed by atoms with Crippen molar-refractivity contribution in [2.24, 2.45) is 0 Å². The summed E-state index contributed by atoms with van der Waals surface area (Å²) in [4.78, 5) is 28.8. The van der Waals surface area contributed by atoms with Crippen molar-refractivity contribution >= 4 is 29.4 Å². The summed E-state index contributed by atoms with van der Waals surface area (Å²) in [6.45, 7) is 5.60. The van der Waals surface area contributed by atoms with Gasteiger partial charge in [-0.3, -0.25) is 15.1 Å². The topological polar surface area (TPSA) is 104 Å². The van der Waals surface area contributed by atoms with Crippen LogP contribution in [0.25, 0.3) is 22.6 Å². The summed E-state index contributed by atoms with van der Waals surface area (Å²) in [5.74, 6) is 0.0615. The number of anilines is 1. The van der Waals surface area contributed by atoms with Crippen LogP contribution in [0.3, 0.4) is 0 Å². The number of ether oxygens (including phenoxy) is 2. The first kappa shape index (κ1) is 25.9. The normalized spacial score (nSPS) is 11.6. The van der Waals surface area contributed by atoms with Gasteiger partial charge in [-0.05, 0) is 44.0 Å². The second-order valence-corrected chi connectivity index (χ2v) is 8.68. The molecule has 2 aromatic heterocycles. The van der Waals surface area contributed by atoms with E-state index in [-0.39, 0.29) is 12.4 Å². The zero-order valence-electron chi connectivity index (χ0n) is 20.7. The summed E-state index contributed by atoms with van der Waals surface area (Å²) >= 11 is 6.21. The number of amides is 1. The van der Waals surface area contributed by atoms with Crippen LogP contribution in [0.4, 0.5) is 10.5 Å². The molecule has 0 saturated carbocycles. The van der Waals surface area contributed by atoms with E-state index in [0.29, 0.717) is 40.0 Å². The second kappa shape index (κ2) is 11.7. The fourth-order valence-corrected chi connectivity index (χ4v) is 4.03. The van der Waals surface area contributed by atoms with Gasteiger partial charge in [0.2, 0.25) is 5.76 Å². The number of rotatable bonds is 8. The van der Waals surface area contributed by atoms with Crippen LogP contribution >= 0.6 is 11.6 Å². The SMILES string of the molecule is CCOC(=O)Cc1ccc(-c2ccc(-c3onc(C)c3NC(=O)OC(C)c3ccccc3Cl)nc2)cc1. The molecule has 0 fully saturated rings. The van der Waals surface area contributed by atoms with Gasteiger partial charge in [0.05, 0.1) is 13.0 Å². The molecule has 1 amide bonds. The molecule has 2 heterocycles. The number of benzene rings is 2. The lowest BCUT2D eigenvalue weighted by Gasteiger charge is -2.15. The molecule has 37 heavy (non-hydrogen) atoms. The summed E-state index contributed by atoms with van der Waals surface area (Å²) in [6.07, 6.45) is 0.707. The number of halogens is 1. The average molecular weight is 520 g/mol. The van der Waals surface area contributed by atoms with E-state index in [0.717, 1.165) is 16.7 Å². The average Bonchev–Trinajstić information content (AvgIpc) is 3.24. The highest BCUT2D eigenvalue weighted by Gasteiger charge is 2.21. The van der Waals surface area contributed by atoms with Crippen LogP contribution in [-0.2, 0) is 20.7 Å². The maximum Gasteiger partial charge on any atom is 0.412 e. The van der Waals surface area contributed by atoms with Crippen molar-refractivity contribution in [1.29, 1.82) is 0 Å². The van der Waals surface area contributed by atoms with Gasteiger partial charge in [-0.25, -0.2) is 4.79 Å². The highest BCUT2D eigenvalue weighted by molar-refractivity contribution is 6.31. The third-order valence-corrected chi connectivity index (χ3v) is 6.00. The molecule has 0 aliphatic rings. The minimum absolute atomic E-state index is 0.228. The Bertz CT molecular complexity index is 1380. The van der Waals surface area contributed by atoms with Crippen LogP contribution in [0.1, 0.15) is 36.8 Å². The van der Waals surface area contributed by atoms with Gasteiger partial charge in [0.15, 0.2) is 0 Å². The first-order valence-electron chi connectivity index (χ1n) is 11.8. The van der Waals surface area contributed by atoms with Crippen LogP contribution in [0.15, 0.2) is 71.4 Å². The lowest BCUT2D eigenvalue weighted by atomic mass is 10.0. The Balaban J connectivity index is 1.45. The molecule has 4 aromatic rings. The summed E-state index contributed by atoms with van der Waals surface area (Å²) in [7, 11) is 0. The predicted octanol–water partition coefficient (Wildman–Crippen LogP) is 6.78. The third-order valence-electron chi connectivity index (χ3n) is 5.65. The van der Waals surface area contributed by atoms with Crippen molar-refractivity contribution in [1.82, 2.24) is 10.1 Å². The molecule has 0 aliphatic heterocycles. The number of nitrogens with zero attached hydrogens (tertiary/aromatic N) is 2. The van der Waals surface area contributed by atoms with Gasteiger partial charge in [-0.1, -0.05) is 65.3 Å². The van der Waals surface area contributed by atoms with Crippen LogP contribution in [0.5, 0.6) is 0 Å². The Hall–Kier alpha value is -4.17. The first-order valence-corrected chi connectivity index (χ1v) is 12.1. The van der Waals surface area contributed by atoms with E-state index in [1.165, 1.54) is 0 Å². The number of nitrogens with one attached hydrogen (secondary N) is 1. The van der Waals surface area contributed by atoms with Crippen LogP contribution < -0.4 is 5.32 Å². The molecule has 0 saturated heterocycles. The molecule has 2 aromatic carbocycles. The monoisotopic (exact) mass is 519 g/mol. The molecule has 1 N–H and O–H groups in total. The smallest absolute Gasteiger partial charge is 0.412 e. The second-order valence-electron chi connectivity index (χ2n) is 8.28. The number of carbonyl (C=O) groups is 2. The number of aryl methyl sites for hydroxylation is 1. The number of esters is 1. The number of carbonyl (C=O) groups excluding carboxylic acids is 2. The van der Waals surface area contributed by atoms with Crippen molar-refractivity contribution < 1.29 is 23.6 Å². The van der Waals surface area contributed by atoms with Gasteiger partial charge in [-0.2, -0.15) is 0 Å². The Labute approximate surface area is 219 Å². The van der Waals surface area contributed by atoms with Crippen molar-refractivity contribution in [2.45, 2.75) is 33.3 Å². The molecule has 0 bridgehead atoms. The molecular weight excluding hydrogens is 494 g/mol. The Morgan fingerprint density at radius 3 is 2.46 bits per heavy atom. The minimum atomic E-state index is -0.667. The van der Waals surface area contributed by atoms with E-state index < -0.39 is 12.2 Å². The van der Waals surface area contributed by atoms with Gasteiger partial charge in [0.1, 0.15) is 23.2 Å². The molecule has 1 atom stereocenters. The van der Waals surface area contributed by atoms with Crippen LogP contribution in [0.2, 0.25) is 5.02 Å². The summed E-state index contributed by atoms with van der Waals surface area (Å²) < 4.78 is 16.0. The summed E-state index contributed by atoms with van der Waals surface area (Å²) in [6, 6.07) is 18.5. The Kier molecular flexibility index (Phi) is 8.20. The maximum absolute atomic E-state index is 12.6. The number of aromatic nitrogens is 2.